The molecule has 0 radical (unpaired) electrons. The fourth-order valence-electron chi connectivity index (χ4n) is 4.41. The van der Waals surface area contributed by atoms with Gasteiger partial charge in [0.15, 0.2) is 0 Å². The highest BCUT2D eigenvalue weighted by atomic mass is 79.9. The zero-order valence-corrected chi connectivity index (χ0v) is 24.6. The van der Waals surface area contributed by atoms with Gasteiger partial charge in [0, 0.05) is 28.0 Å². The third-order valence-corrected chi connectivity index (χ3v) is 7.19. The summed E-state index contributed by atoms with van der Waals surface area (Å²) < 4.78 is 6.88. The lowest BCUT2D eigenvalue weighted by Crippen LogP contribution is -1.97. The minimum atomic E-state index is 0.786. The lowest BCUT2D eigenvalue weighted by Gasteiger charge is -2.06. The van der Waals surface area contributed by atoms with Crippen LogP contribution >= 0.6 is 15.9 Å². The van der Waals surface area contributed by atoms with Gasteiger partial charge in [-0.3, -0.25) is 9.97 Å². The molecule has 38 heavy (non-hydrogen) atoms. The maximum atomic E-state index is 5.93. The summed E-state index contributed by atoms with van der Waals surface area (Å²) in [4.78, 5) is 8.88. The van der Waals surface area contributed by atoms with Crippen LogP contribution in [0.25, 0.3) is 11.4 Å². The molecule has 0 saturated heterocycles. The number of unbranched alkanes of at least 4 members (excludes halogenated alkanes) is 13. The fraction of sp³-hybridized carbons (Fsp3) is 0.471. The van der Waals surface area contributed by atoms with Crippen LogP contribution in [-0.2, 0) is 0 Å². The van der Waals surface area contributed by atoms with Crippen molar-refractivity contribution in [1.82, 2.24) is 9.97 Å². The summed E-state index contributed by atoms with van der Waals surface area (Å²) in [6.45, 7) is 3.07. The first-order valence-electron chi connectivity index (χ1n) is 14.6. The Morgan fingerprint density at radius 1 is 0.579 bits per heavy atom. The van der Waals surface area contributed by atoms with Crippen LogP contribution in [0.2, 0.25) is 0 Å². The Bertz CT molecular complexity index is 1080. The van der Waals surface area contributed by atoms with Crippen molar-refractivity contribution in [2.45, 2.75) is 96.8 Å². The Hall–Kier alpha value is -2.64. The van der Waals surface area contributed by atoms with Gasteiger partial charge in [0.05, 0.1) is 18.0 Å². The Morgan fingerprint density at radius 3 is 1.61 bits per heavy atom. The molecule has 0 fully saturated rings. The van der Waals surface area contributed by atoms with Crippen LogP contribution in [0.4, 0.5) is 0 Å². The van der Waals surface area contributed by atoms with Crippen molar-refractivity contribution < 1.29 is 4.74 Å². The predicted octanol–water partition coefficient (Wildman–Crippen LogP) is 10.2. The van der Waals surface area contributed by atoms with E-state index in [0.717, 1.165) is 45.8 Å². The molecular formula is C34H43BrN2O. The second kappa shape index (κ2) is 18.6. The van der Waals surface area contributed by atoms with Gasteiger partial charge < -0.3 is 4.74 Å². The van der Waals surface area contributed by atoms with E-state index in [4.69, 9.17) is 4.74 Å². The molecule has 4 heteroatoms. The normalized spacial score (nSPS) is 10.7. The summed E-state index contributed by atoms with van der Waals surface area (Å²) in [6, 6.07) is 15.9. The van der Waals surface area contributed by atoms with Crippen molar-refractivity contribution in [2.75, 3.05) is 6.61 Å². The maximum Gasteiger partial charge on any atom is 0.119 e. The Labute approximate surface area is 239 Å². The average Bonchev–Trinajstić information content (AvgIpc) is 2.95. The van der Waals surface area contributed by atoms with Crippen LogP contribution in [0, 0.1) is 11.8 Å². The Balaban J connectivity index is 1.23. The molecule has 0 bridgehead atoms. The molecule has 2 aromatic heterocycles. The quantitative estimate of drug-likeness (QED) is 0.119. The molecule has 0 amide bonds. The zero-order valence-electron chi connectivity index (χ0n) is 23.1. The molecule has 0 saturated carbocycles. The minimum Gasteiger partial charge on any atom is -0.494 e. The van der Waals surface area contributed by atoms with E-state index in [2.05, 4.69) is 44.7 Å². The van der Waals surface area contributed by atoms with Gasteiger partial charge in [-0.2, -0.15) is 0 Å². The van der Waals surface area contributed by atoms with Crippen LogP contribution in [0.3, 0.4) is 0 Å². The highest BCUT2D eigenvalue weighted by molar-refractivity contribution is 9.10. The smallest absolute Gasteiger partial charge is 0.119 e. The van der Waals surface area contributed by atoms with Gasteiger partial charge in [-0.15, -0.1) is 0 Å². The maximum absolute atomic E-state index is 5.93. The summed E-state index contributed by atoms with van der Waals surface area (Å²) in [5, 5.41) is 0. The lowest BCUT2D eigenvalue weighted by molar-refractivity contribution is 0.304. The summed E-state index contributed by atoms with van der Waals surface area (Å²) in [5.41, 5.74) is 3.53. The number of rotatable bonds is 17. The molecule has 3 nitrogen and oxygen atoms in total. The number of ether oxygens (including phenoxy) is 1. The monoisotopic (exact) mass is 574 g/mol. The van der Waals surface area contributed by atoms with Crippen LogP contribution in [-0.4, -0.2) is 16.6 Å². The van der Waals surface area contributed by atoms with Gasteiger partial charge in [-0.1, -0.05) is 102 Å². The largest absolute Gasteiger partial charge is 0.494 e. The first-order chi connectivity index (χ1) is 18.7. The molecule has 0 atom stereocenters. The summed E-state index contributed by atoms with van der Waals surface area (Å²) >= 11 is 3.41. The Morgan fingerprint density at radius 2 is 1.08 bits per heavy atom. The molecule has 1 aromatic carbocycles. The number of hydrogen-bond donors (Lipinski definition) is 0. The molecule has 0 spiro atoms. The van der Waals surface area contributed by atoms with Crippen molar-refractivity contribution in [3.8, 4) is 29.0 Å². The molecule has 3 aromatic rings. The number of nitrogens with zero attached hydrogens (tertiary/aromatic N) is 2. The first-order valence-corrected chi connectivity index (χ1v) is 15.4. The molecule has 0 N–H and O–H groups in total. The Kier molecular flexibility index (Phi) is 14.6. The third-order valence-electron chi connectivity index (χ3n) is 6.73. The first kappa shape index (κ1) is 29.9. The molecule has 3 rings (SSSR count). The van der Waals surface area contributed by atoms with E-state index < -0.39 is 0 Å². The van der Waals surface area contributed by atoms with Crippen molar-refractivity contribution >= 4 is 15.9 Å². The molecule has 0 aliphatic rings. The van der Waals surface area contributed by atoms with E-state index in [-0.39, 0.29) is 0 Å². The van der Waals surface area contributed by atoms with E-state index in [9.17, 15) is 0 Å². The molecule has 2 heterocycles. The van der Waals surface area contributed by atoms with Crippen molar-refractivity contribution in [2.24, 2.45) is 0 Å². The highest BCUT2D eigenvalue weighted by Crippen LogP contribution is 2.18. The van der Waals surface area contributed by atoms with Crippen LogP contribution < -0.4 is 4.74 Å². The molecule has 202 valence electrons. The van der Waals surface area contributed by atoms with Crippen molar-refractivity contribution in [3.05, 3.63) is 76.5 Å². The lowest BCUT2D eigenvalue weighted by atomic mass is 10.0. The van der Waals surface area contributed by atoms with Crippen LogP contribution in [0.1, 0.15) is 108 Å². The van der Waals surface area contributed by atoms with Gasteiger partial charge in [0.1, 0.15) is 5.75 Å². The van der Waals surface area contributed by atoms with Crippen molar-refractivity contribution in [3.63, 3.8) is 0 Å². The van der Waals surface area contributed by atoms with Gasteiger partial charge in [-0.05, 0) is 70.9 Å². The van der Waals surface area contributed by atoms with Gasteiger partial charge in [-0.25, -0.2) is 0 Å². The second-order valence-electron chi connectivity index (χ2n) is 10.0. The fourth-order valence-corrected chi connectivity index (χ4v) is 4.65. The van der Waals surface area contributed by atoms with Crippen molar-refractivity contribution in [1.29, 1.82) is 0 Å². The highest BCUT2D eigenvalue weighted by Gasteiger charge is 2.01. The minimum absolute atomic E-state index is 0.786. The van der Waals surface area contributed by atoms with Crippen LogP contribution in [0.15, 0.2) is 65.4 Å². The van der Waals surface area contributed by atoms with E-state index >= 15 is 0 Å². The molecule has 0 aliphatic heterocycles. The zero-order chi connectivity index (χ0) is 26.7. The van der Waals surface area contributed by atoms with Gasteiger partial charge >= 0.3 is 0 Å². The van der Waals surface area contributed by atoms with Gasteiger partial charge in [0.25, 0.3) is 0 Å². The molecular weight excluding hydrogens is 532 g/mol. The van der Waals surface area contributed by atoms with Gasteiger partial charge in [0.2, 0.25) is 0 Å². The number of halogens is 1. The van der Waals surface area contributed by atoms with E-state index in [1.54, 1.807) is 12.4 Å². The van der Waals surface area contributed by atoms with E-state index in [1.807, 2.05) is 48.5 Å². The average molecular weight is 576 g/mol. The van der Waals surface area contributed by atoms with E-state index in [1.165, 1.54) is 83.5 Å². The number of aromatic nitrogens is 2. The third kappa shape index (κ3) is 12.3. The summed E-state index contributed by atoms with van der Waals surface area (Å²) in [5.74, 6) is 7.31. The predicted molar refractivity (Wildman–Crippen MR) is 163 cm³/mol. The number of benzene rings is 1. The SMILES string of the molecule is CCCCCCCCCCCCCCCCOc1ccc(C#Cc2ccc(-c3ccc(Br)cn3)nc2)cc1. The van der Waals surface area contributed by atoms with E-state index in [0.29, 0.717) is 0 Å². The van der Waals surface area contributed by atoms with Crippen LogP contribution in [0.5, 0.6) is 5.75 Å². The summed E-state index contributed by atoms with van der Waals surface area (Å²) in [7, 11) is 0. The number of pyridine rings is 2. The standard InChI is InChI=1S/C34H43BrN2O/c1-2-3-4-5-6-7-8-9-10-11-12-13-14-15-26-38-32-22-18-29(19-23-32)16-17-30-20-24-33(36-27-30)34-25-21-31(35)28-37-34/h18-25,27-28H,2-15,26H2,1H3. The number of hydrogen-bond acceptors (Lipinski definition) is 3. The summed E-state index contributed by atoms with van der Waals surface area (Å²) in [6.07, 6.45) is 22.8. The topological polar surface area (TPSA) is 35.0 Å². The second-order valence-corrected chi connectivity index (χ2v) is 10.9. The molecule has 0 aliphatic carbocycles. The molecule has 0 unspecified atom stereocenters.